The zero-order chi connectivity index (χ0) is 17.9. The third-order valence-corrected chi connectivity index (χ3v) is 5.57. The molecule has 1 fully saturated rings. The predicted molar refractivity (Wildman–Crippen MR) is 110 cm³/mol. The molecule has 0 spiro atoms. The van der Waals surface area contributed by atoms with E-state index in [9.17, 15) is 0 Å². The lowest BCUT2D eigenvalue weighted by molar-refractivity contribution is 0.139. The van der Waals surface area contributed by atoms with Gasteiger partial charge in [-0.1, -0.05) is 19.9 Å². The maximum Gasteiger partial charge on any atom is 0.191 e. The van der Waals surface area contributed by atoms with Crippen LogP contribution in [0.25, 0.3) is 0 Å². The summed E-state index contributed by atoms with van der Waals surface area (Å²) < 4.78 is 0. The third-order valence-electron chi connectivity index (χ3n) is 4.67. The highest BCUT2D eigenvalue weighted by molar-refractivity contribution is 7.09. The molecule has 0 saturated carbocycles. The second-order valence-electron chi connectivity index (χ2n) is 6.81. The van der Waals surface area contributed by atoms with Gasteiger partial charge in [0, 0.05) is 57.2 Å². The molecule has 1 atom stereocenters. The summed E-state index contributed by atoms with van der Waals surface area (Å²) in [5.74, 6) is 1.52. The monoisotopic (exact) mass is 365 g/mol. The number of hydrogen-bond donors (Lipinski definition) is 2. The summed E-state index contributed by atoms with van der Waals surface area (Å²) in [7, 11) is 0. The van der Waals surface area contributed by atoms with Crippen LogP contribution < -0.4 is 10.6 Å². The molecule has 1 aliphatic rings. The molecule has 0 amide bonds. The SMILES string of the molecule is CCNC(=NCC(C)Cc1cccs1)NCCN1CCN(CC)CC1. The van der Waals surface area contributed by atoms with Crippen molar-refractivity contribution < 1.29 is 0 Å². The Morgan fingerprint density at radius 1 is 1.20 bits per heavy atom. The summed E-state index contributed by atoms with van der Waals surface area (Å²) in [4.78, 5) is 11.3. The number of hydrogen-bond acceptors (Lipinski definition) is 4. The van der Waals surface area contributed by atoms with Crippen LogP contribution in [0.2, 0.25) is 0 Å². The van der Waals surface area contributed by atoms with E-state index < -0.39 is 0 Å². The number of nitrogens with one attached hydrogen (secondary N) is 2. The number of thiophene rings is 1. The summed E-state index contributed by atoms with van der Waals surface area (Å²) in [5.41, 5.74) is 0. The summed E-state index contributed by atoms with van der Waals surface area (Å²) in [6.07, 6.45) is 1.11. The molecule has 6 heteroatoms. The van der Waals surface area contributed by atoms with Crippen molar-refractivity contribution >= 4 is 17.3 Å². The number of aliphatic imine (C=N–C) groups is 1. The number of nitrogens with zero attached hydrogens (tertiary/aromatic N) is 3. The van der Waals surface area contributed by atoms with Crippen molar-refractivity contribution in [1.29, 1.82) is 0 Å². The van der Waals surface area contributed by atoms with Crippen LogP contribution in [0.5, 0.6) is 0 Å². The predicted octanol–water partition coefficient (Wildman–Crippen LogP) is 2.12. The molecule has 0 aromatic carbocycles. The molecule has 0 bridgehead atoms. The van der Waals surface area contributed by atoms with Crippen molar-refractivity contribution in [2.75, 3.05) is 58.9 Å². The lowest BCUT2D eigenvalue weighted by Crippen LogP contribution is -2.49. The first-order valence-electron chi connectivity index (χ1n) is 9.70. The topological polar surface area (TPSA) is 42.9 Å². The van der Waals surface area contributed by atoms with Gasteiger partial charge in [-0.3, -0.25) is 9.89 Å². The minimum absolute atomic E-state index is 0.566. The maximum absolute atomic E-state index is 4.77. The fourth-order valence-electron chi connectivity index (χ4n) is 3.09. The lowest BCUT2D eigenvalue weighted by atomic mass is 10.1. The van der Waals surface area contributed by atoms with Crippen LogP contribution >= 0.6 is 11.3 Å². The second-order valence-corrected chi connectivity index (χ2v) is 7.84. The molecule has 1 aromatic rings. The van der Waals surface area contributed by atoms with E-state index >= 15 is 0 Å². The van der Waals surface area contributed by atoms with Crippen molar-refractivity contribution in [3.05, 3.63) is 22.4 Å². The minimum atomic E-state index is 0.566. The van der Waals surface area contributed by atoms with Crippen molar-refractivity contribution in [3.63, 3.8) is 0 Å². The van der Waals surface area contributed by atoms with Gasteiger partial charge < -0.3 is 15.5 Å². The molecule has 142 valence electrons. The Kier molecular flexibility index (Phi) is 9.29. The number of piperazine rings is 1. The van der Waals surface area contributed by atoms with E-state index in [-0.39, 0.29) is 0 Å². The van der Waals surface area contributed by atoms with Gasteiger partial charge in [-0.05, 0) is 37.3 Å². The van der Waals surface area contributed by atoms with Gasteiger partial charge in [0.1, 0.15) is 0 Å². The average Bonchev–Trinajstić information content (AvgIpc) is 3.13. The van der Waals surface area contributed by atoms with E-state index in [1.807, 2.05) is 11.3 Å². The van der Waals surface area contributed by atoms with Crippen molar-refractivity contribution in [2.24, 2.45) is 10.9 Å². The van der Waals surface area contributed by atoms with Gasteiger partial charge in [0.2, 0.25) is 0 Å². The largest absolute Gasteiger partial charge is 0.357 e. The van der Waals surface area contributed by atoms with Gasteiger partial charge in [0.25, 0.3) is 0 Å². The van der Waals surface area contributed by atoms with Gasteiger partial charge >= 0.3 is 0 Å². The molecule has 2 heterocycles. The summed E-state index contributed by atoms with van der Waals surface area (Å²) in [6.45, 7) is 16.4. The highest BCUT2D eigenvalue weighted by Gasteiger charge is 2.14. The highest BCUT2D eigenvalue weighted by Crippen LogP contribution is 2.14. The van der Waals surface area contributed by atoms with Gasteiger partial charge in [-0.25, -0.2) is 0 Å². The molecule has 0 aliphatic carbocycles. The molecule has 2 N–H and O–H groups in total. The molecule has 5 nitrogen and oxygen atoms in total. The molecule has 1 saturated heterocycles. The maximum atomic E-state index is 4.77. The van der Waals surface area contributed by atoms with Gasteiger partial charge in [0.05, 0.1) is 0 Å². The molecule has 1 aliphatic heterocycles. The summed E-state index contributed by atoms with van der Waals surface area (Å²) in [5, 5.41) is 9.01. The number of likely N-dealkylation sites (N-methyl/N-ethyl adjacent to an activating group) is 1. The van der Waals surface area contributed by atoms with Gasteiger partial charge in [-0.2, -0.15) is 0 Å². The van der Waals surface area contributed by atoms with E-state index in [1.165, 1.54) is 37.6 Å². The molecule has 1 unspecified atom stereocenters. The van der Waals surface area contributed by atoms with Crippen LogP contribution in [-0.2, 0) is 6.42 Å². The molecule has 1 aromatic heterocycles. The quantitative estimate of drug-likeness (QED) is 0.520. The first-order valence-corrected chi connectivity index (χ1v) is 10.6. The standard InChI is InChI=1S/C19H35N5S/c1-4-20-19(22-16-17(3)15-18-7-6-14-25-18)21-8-9-24-12-10-23(5-2)11-13-24/h6-7,14,17H,4-5,8-13,15-16H2,1-3H3,(H2,20,21,22). The Morgan fingerprint density at radius 2 is 1.96 bits per heavy atom. The first-order chi connectivity index (χ1) is 12.2. The smallest absolute Gasteiger partial charge is 0.191 e. The average molecular weight is 366 g/mol. The Balaban J connectivity index is 1.68. The van der Waals surface area contributed by atoms with Gasteiger partial charge in [0.15, 0.2) is 5.96 Å². The highest BCUT2D eigenvalue weighted by atomic mass is 32.1. The molecular formula is C19H35N5S. The summed E-state index contributed by atoms with van der Waals surface area (Å²) in [6, 6.07) is 4.34. The van der Waals surface area contributed by atoms with E-state index in [0.29, 0.717) is 5.92 Å². The van der Waals surface area contributed by atoms with Crippen LogP contribution in [0.4, 0.5) is 0 Å². The normalized spacial score (nSPS) is 18.3. The molecule has 0 radical (unpaired) electrons. The van der Waals surface area contributed by atoms with Gasteiger partial charge in [-0.15, -0.1) is 11.3 Å². The third kappa shape index (κ3) is 7.75. The second kappa shape index (κ2) is 11.5. The molecular weight excluding hydrogens is 330 g/mol. The molecule has 25 heavy (non-hydrogen) atoms. The Morgan fingerprint density at radius 3 is 2.60 bits per heavy atom. The van der Waals surface area contributed by atoms with E-state index in [1.54, 1.807) is 0 Å². The lowest BCUT2D eigenvalue weighted by Gasteiger charge is -2.34. The van der Waals surface area contributed by atoms with E-state index in [0.717, 1.165) is 38.6 Å². The minimum Gasteiger partial charge on any atom is -0.357 e. The number of rotatable bonds is 9. The zero-order valence-corrected chi connectivity index (χ0v) is 16.9. The van der Waals surface area contributed by atoms with Crippen molar-refractivity contribution in [2.45, 2.75) is 27.2 Å². The van der Waals surface area contributed by atoms with Crippen LogP contribution in [-0.4, -0.2) is 74.7 Å². The van der Waals surface area contributed by atoms with Crippen LogP contribution in [0.1, 0.15) is 25.6 Å². The van der Waals surface area contributed by atoms with Crippen molar-refractivity contribution in [1.82, 2.24) is 20.4 Å². The summed E-state index contributed by atoms with van der Waals surface area (Å²) >= 11 is 1.84. The Labute approximate surface area is 157 Å². The fourth-order valence-corrected chi connectivity index (χ4v) is 3.96. The molecule has 2 rings (SSSR count). The zero-order valence-electron chi connectivity index (χ0n) is 16.1. The Bertz CT molecular complexity index is 480. The van der Waals surface area contributed by atoms with Crippen molar-refractivity contribution in [3.8, 4) is 0 Å². The van der Waals surface area contributed by atoms with Crippen LogP contribution in [0.3, 0.4) is 0 Å². The first kappa shape index (κ1) is 20.2. The Hall–Kier alpha value is -1.11. The van der Waals surface area contributed by atoms with Crippen LogP contribution in [0.15, 0.2) is 22.5 Å². The number of guanidine groups is 1. The fraction of sp³-hybridized carbons (Fsp3) is 0.737. The van der Waals surface area contributed by atoms with E-state index in [4.69, 9.17) is 4.99 Å². The van der Waals surface area contributed by atoms with Crippen LogP contribution in [0, 0.1) is 5.92 Å². The van der Waals surface area contributed by atoms with E-state index in [2.05, 4.69) is 58.7 Å².